The molecule has 1 aromatic carbocycles. The molecule has 150 valence electrons. The molecule has 2 aromatic rings. The van der Waals surface area contributed by atoms with E-state index in [4.69, 9.17) is 4.74 Å². The molecule has 0 radical (unpaired) electrons. The summed E-state index contributed by atoms with van der Waals surface area (Å²) < 4.78 is 6.00. The molecule has 0 unspecified atom stereocenters. The number of carbonyl (C=O) groups excluding carboxylic acids is 2. The van der Waals surface area contributed by atoms with Crippen molar-refractivity contribution in [2.75, 3.05) is 7.11 Å². The van der Waals surface area contributed by atoms with E-state index in [-0.39, 0.29) is 24.1 Å². The lowest BCUT2D eigenvalue weighted by Crippen LogP contribution is -2.40. The molecule has 1 saturated carbocycles. The molecule has 3 rings (SSSR count). The van der Waals surface area contributed by atoms with Gasteiger partial charge >= 0.3 is 5.97 Å². The second-order valence-corrected chi connectivity index (χ2v) is 8.29. The fourth-order valence-corrected chi connectivity index (χ4v) is 4.26. The van der Waals surface area contributed by atoms with E-state index < -0.39 is 11.2 Å². The molecule has 1 aromatic heterocycles. The zero-order valence-corrected chi connectivity index (χ0v) is 17.0. The van der Waals surface area contributed by atoms with Crippen LogP contribution in [0.4, 0.5) is 0 Å². The lowest BCUT2D eigenvalue weighted by Gasteiger charge is -2.24. The molecule has 28 heavy (non-hydrogen) atoms. The van der Waals surface area contributed by atoms with Gasteiger partial charge in [0.25, 0.3) is 5.56 Å². The molecule has 1 aliphatic rings. The highest BCUT2D eigenvalue weighted by Crippen LogP contribution is 2.24. The van der Waals surface area contributed by atoms with Gasteiger partial charge in [0, 0.05) is 6.04 Å². The third-order valence-electron chi connectivity index (χ3n) is 4.94. The topological polar surface area (TPSA) is 90.3 Å². The van der Waals surface area contributed by atoms with Crippen molar-refractivity contribution in [2.45, 2.75) is 62.0 Å². The highest BCUT2D eigenvalue weighted by Gasteiger charge is 2.23. The van der Waals surface area contributed by atoms with Crippen molar-refractivity contribution in [3.8, 4) is 0 Å². The standard InChI is InChI=1S/C20H25N3O4S/c1-13(18(25)21-14-8-4-3-5-9-14)28-20-22-16-11-7-6-10-15(16)19(26)23(20)12-17(24)27-2/h6-7,10-11,13-14H,3-5,8-9,12H2,1-2H3,(H,21,25)/t13-/m0/s1. The van der Waals surface area contributed by atoms with E-state index in [1.54, 1.807) is 31.2 Å². The number of fused-ring (bicyclic) bond motifs is 1. The fraction of sp³-hybridized carbons (Fsp3) is 0.500. The summed E-state index contributed by atoms with van der Waals surface area (Å²) in [7, 11) is 1.27. The monoisotopic (exact) mass is 403 g/mol. The number of methoxy groups -OCH3 is 1. The molecule has 1 heterocycles. The molecule has 0 aliphatic heterocycles. The van der Waals surface area contributed by atoms with Crippen LogP contribution in [0.2, 0.25) is 0 Å². The predicted octanol–water partition coefficient (Wildman–Crippen LogP) is 2.50. The summed E-state index contributed by atoms with van der Waals surface area (Å²) in [6.07, 6.45) is 5.50. The summed E-state index contributed by atoms with van der Waals surface area (Å²) >= 11 is 1.18. The number of aromatic nitrogens is 2. The first-order valence-electron chi connectivity index (χ1n) is 9.53. The molecule has 0 spiro atoms. The van der Waals surface area contributed by atoms with Crippen molar-refractivity contribution >= 4 is 34.5 Å². The molecule has 1 fully saturated rings. The lowest BCUT2D eigenvalue weighted by atomic mass is 9.95. The molecule has 8 heteroatoms. The maximum atomic E-state index is 12.9. The third-order valence-corrected chi connectivity index (χ3v) is 6.03. The number of carbonyl (C=O) groups is 2. The Morgan fingerprint density at radius 3 is 2.71 bits per heavy atom. The summed E-state index contributed by atoms with van der Waals surface area (Å²) in [6, 6.07) is 7.18. The van der Waals surface area contributed by atoms with Crippen molar-refractivity contribution in [1.29, 1.82) is 0 Å². The Morgan fingerprint density at radius 1 is 1.29 bits per heavy atom. The molecule has 0 saturated heterocycles. The van der Waals surface area contributed by atoms with Crippen LogP contribution in [-0.4, -0.2) is 39.8 Å². The van der Waals surface area contributed by atoms with Gasteiger partial charge in [0.1, 0.15) is 6.54 Å². The van der Waals surface area contributed by atoms with Crippen LogP contribution >= 0.6 is 11.8 Å². The first-order valence-corrected chi connectivity index (χ1v) is 10.4. The minimum atomic E-state index is -0.541. The Labute approximate surface area is 167 Å². The van der Waals surface area contributed by atoms with Crippen molar-refractivity contribution in [1.82, 2.24) is 14.9 Å². The Morgan fingerprint density at radius 2 is 2.00 bits per heavy atom. The van der Waals surface area contributed by atoms with Gasteiger partial charge in [-0.3, -0.25) is 19.0 Å². The van der Waals surface area contributed by atoms with Gasteiger partial charge in [0.15, 0.2) is 5.16 Å². The summed E-state index contributed by atoms with van der Waals surface area (Å²) in [6.45, 7) is 1.54. The van der Waals surface area contributed by atoms with E-state index in [2.05, 4.69) is 10.3 Å². The number of ether oxygens (including phenoxy) is 1. The van der Waals surface area contributed by atoms with E-state index in [0.717, 1.165) is 25.7 Å². The maximum absolute atomic E-state index is 12.9. The van der Waals surface area contributed by atoms with Gasteiger partial charge in [-0.1, -0.05) is 43.2 Å². The molecule has 0 bridgehead atoms. The summed E-state index contributed by atoms with van der Waals surface area (Å²) in [5.74, 6) is -0.621. The van der Waals surface area contributed by atoms with Crippen LogP contribution in [-0.2, 0) is 20.9 Å². The lowest BCUT2D eigenvalue weighted by molar-refractivity contribution is -0.141. The number of amides is 1. The van der Waals surface area contributed by atoms with E-state index in [0.29, 0.717) is 16.1 Å². The number of hydrogen-bond donors (Lipinski definition) is 1. The van der Waals surface area contributed by atoms with Crippen LogP contribution in [0.1, 0.15) is 39.0 Å². The van der Waals surface area contributed by atoms with Crippen LogP contribution in [0.5, 0.6) is 0 Å². The van der Waals surface area contributed by atoms with Crippen LogP contribution in [0.15, 0.2) is 34.2 Å². The average molecular weight is 404 g/mol. The molecule has 1 aliphatic carbocycles. The van der Waals surface area contributed by atoms with Gasteiger partial charge in [-0.2, -0.15) is 0 Å². The van der Waals surface area contributed by atoms with Gasteiger partial charge in [0.05, 0.1) is 23.3 Å². The summed E-state index contributed by atoms with van der Waals surface area (Å²) in [4.78, 5) is 41.8. The molecular weight excluding hydrogens is 378 g/mol. The zero-order chi connectivity index (χ0) is 20.1. The second kappa shape index (κ2) is 9.23. The van der Waals surface area contributed by atoms with Crippen molar-refractivity contribution in [3.05, 3.63) is 34.6 Å². The van der Waals surface area contributed by atoms with Crippen molar-refractivity contribution in [3.63, 3.8) is 0 Å². The smallest absolute Gasteiger partial charge is 0.325 e. The molecule has 1 atom stereocenters. The SMILES string of the molecule is COC(=O)Cn1c(S[C@@H](C)C(=O)NC2CCCCC2)nc2ccccc2c1=O. The highest BCUT2D eigenvalue weighted by atomic mass is 32.2. The number of para-hydroxylation sites is 1. The van der Waals surface area contributed by atoms with Crippen LogP contribution < -0.4 is 10.9 Å². The fourth-order valence-electron chi connectivity index (χ4n) is 3.35. The van der Waals surface area contributed by atoms with E-state index in [1.807, 2.05) is 0 Å². The molecule has 1 amide bonds. The predicted molar refractivity (Wildman–Crippen MR) is 108 cm³/mol. The Hall–Kier alpha value is -2.35. The summed E-state index contributed by atoms with van der Waals surface area (Å²) in [5.41, 5.74) is 0.217. The Balaban J connectivity index is 1.85. The first kappa shape index (κ1) is 20.4. The average Bonchev–Trinajstić information content (AvgIpc) is 2.71. The number of benzene rings is 1. The third kappa shape index (κ3) is 4.73. The number of thioether (sulfide) groups is 1. The van der Waals surface area contributed by atoms with Gasteiger partial charge < -0.3 is 10.1 Å². The van der Waals surface area contributed by atoms with Crippen LogP contribution in [0.3, 0.4) is 0 Å². The first-order chi connectivity index (χ1) is 13.5. The highest BCUT2D eigenvalue weighted by molar-refractivity contribution is 8.00. The quantitative estimate of drug-likeness (QED) is 0.453. The molecule has 7 nitrogen and oxygen atoms in total. The van der Waals surface area contributed by atoms with E-state index >= 15 is 0 Å². The van der Waals surface area contributed by atoms with Gasteiger partial charge in [-0.05, 0) is 31.9 Å². The second-order valence-electron chi connectivity index (χ2n) is 6.98. The van der Waals surface area contributed by atoms with Crippen LogP contribution in [0, 0.1) is 0 Å². The molecular formula is C20H25N3O4S. The van der Waals surface area contributed by atoms with Gasteiger partial charge in [-0.15, -0.1) is 0 Å². The largest absolute Gasteiger partial charge is 0.468 e. The van der Waals surface area contributed by atoms with Gasteiger partial charge in [0.2, 0.25) is 5.91 Å². The number of esters is 1. The maximum Gasteiger partial charge on any atom is 0.325 e. The normalized spacial score (nSPS) is 15.9. The number of rotatable bonds is 6. The number of hydrogen-bond acceptors (Lipinski definition) is 6. The van der Waals surface area contributed by atoms with Crippen LogP contribution in [0.25, 0.3) is 10.9 Å². The van der Waals surface area contributed by atoms with Crippen molar-refractivity contribution < 1.29 is 14.3 Å². The minimum Gasteiger partial charge on any atom is -0.468 e. The molecule has 1 N–H and O–H groups in total. The Bertz CT molecular complexity index is 921. The minimum absolute atomic E-state index is 0.0797. The van der Waals surface area contributed by atoms with E-state index in [1.165, 1.54) is 29.9 Å². The number of nitrogens with one attached hydrogen (secondary N) is 1. The Kier molecular flexibility index (Phi) is 6.72. The number of nitrogens with zero attached hydrogens (tertiary/aromatic N) is 2. The van der Waals surface area contributed by atoms with Crippen molar-refractivity contribution in [2.24, 2.45) is 0 Å². The van der Waals surface area contributed by atoms with Gasteiger partial charge in [-0.25, -0.2) is 4.98 Å². The van der Waals surface area contributed by atoms with E-state index in [9.17, 15) is 14.4 Å². The summed E-state index contributed by atoms with van der Waals surface area (Å²) in [5, 5.41) is 3.41. The zero-order valence-electron chi connectivity index (χ0n) is 16.1.